The van der Waals surface area contributed by atoms with Gasteiger partial charge in [0.1, 0.15) is 5.82 Å². The molecule has 0 aliphatic heterocycles. The average Bonchev–Trinajstić information content (AvgIpc) is 2.40. The second-order valence-electron chi connectivity index (χ2n) is 6.14. The Morgan fingerprint density at radius 1 is 1.00 bits per heavy atom. The van der Waals surface area contributed by atoms with E-state index in [4.69, 9.17) is 0 Å². The first-order valence-electron chi connectivity index (χ1n) is 6.86. The summed E-state index contributed by atoms with van der Waals surface area (Å²) in [5, 5.41) is 0. The van der Waals surface area contributed by atoms with E-state index in [2.05, 4.69) is 61.0 Å². The number of hydrogen-bond acceptors (Lipinski definition) is 0. The Morgan fingerprint density at radius 2 is 1.60 bits per heavy atom. The molecular formula is C18H20BrF. The van der Waals surface area contributed by atoms with Crippen LogP contribution < -0.4 is 0 Å². The lowest BCUT2D eigenvalue weighted by Gasteiger charge is -2.25. The quantitative estimate of drug-likeness (QED) is 0.622. The van der Waals surface area contributed by atoms with Crippen LogP contribution in [-0.2, 0) is 11.8 Å². The zero-order chi connectivity index (χ0) is 14.8. The lowest BCUT2D eigenvalue weighted by Crippen LogP contribution is -2.15. The van der Waals surface area contributed by atoms with Gasteiger partial charge in [0, 0.05) is 4.83 Å². The second-order valence-corrected chi connectivity index (χ2v) is 7.24. The highest BCUT2D eigenvalue weighted by molar-refractivity contribution is 9.09. The molecule has 1 atom stereocenters. The van der Waals surface area contributed by atoms with Gasteiger partial charge in [-0.05, 0) is 40.7 Å². The van der Waals surface area contributed by atoms with Crippen molar-refractivity contribution < 1.29 is 4.39 Å². The Bertz CT molecular complexity index is 567. The van der Waals surface area contributed by atoms with E-state index in [-0.39, 0.29) is 16.1 Å². The van der Waals surface area contributed by atoms with E-state index in [0.717, 1.165) is 12.0 Å². The predicted octanol–water partition coefficient (Wildman–Crippen LogP) is 5.80. The van der Waals surface area contributed by atoms with Gasteiger partial charge in [-0.25, -0.2) is 4.39 Å². The molecule has 0 spiro atoms. The minimum absolute atomic E-state index is 0.116. The van der Waals surface area contributed by atoms with Gasteiger partial charge in [0.2, 0.25) is 0 Å². The van der Waals surface area contributed by atoms with Gasteiger partial charge in [-0.1, -0.05) is 73.1 Å². The summed E-state index contributed by atoms with van der Waals surface area (Å²) in [4.78, 5) is 0.239. The van der Waals surface area contributed by atoms with Crippen LogP contribution in [0, 0.1) is 5.82 Å². The summed E-state index contributed by atoms with van der Waals surface area (Å²) in [5.41, 5.74) is 3.91. The fraction of sp³-hybridized carbons (Fsp3) is 0.333. The van der Waals surface area contributed by atoms with Crippen LogP contribution >= 0.6 is 15.9 Å². The molecule has 1 unspecified atom stereocenters. The Kier molecular flexibility index (Phi) is 4.64. The van der Waals surface area contributed by atoms with E-state index in [0.29, 0.717) is 0 Å². The molecule has 0 aliphatic rings. The first kappa shape index (κ1) is 15.2. The van der Waals surface area contributed by atoms with Crippen LogP contribution in [0.5, 0.6) is 0 Å². The van der Waals surface area contributed by atoms with Gasteiger partial charge in [-0.2, -0.15) is 0 Å². The molecule has 0 saturated heterocycles. The summed E-state index contributed by atoms with van der Waals surface area (Å²) in [6.07, 6.45) is 0.855. The number of rotatable bonds is 3. The van der Waals surface area contributed by atoms with Gasteiger partial charge < -0.3 is 0 Å². The van der Waals surface area contributed by atoms with E-state index in [1.807, 2.05) is 12.1 Å². The van der Waals surface area contributed by atoms with Crippen molar-refractivity contribution in [3.05, 3.63) is 71.0 Å². The SMILES string of the molecule is CC(C)(C)c1ccccc1C(Br)Cc1ccc(F)cc1. The fourth-order valence-electron chi connectivity index (χ4n) is 2.39. The van der Waals surface area contributed by atoms with Crippen molar-refractivity contribution in [2.45, 2.75) is 37.4 Å². The summed E-state index contributed by atoms with van der Waals surface area (Å²) in [6.45, 7) is 6.68. The van der Waals surface area contributed by atoms with Gasteiger partial charge in [0.25, 0.3) is 0 Å². The molecule has 2 aromatic rings. The molecule has 0 aliphatic carbocycles. The highest BCUT2D eigenvalue weighted by Crippen LogP contribution is 2.35. The summed E-state index contributed by atoms with van der Waals surface area (Å²) in [6, 6.07) is 15.3. The molecule has 0 aromatic heterocycles. The molecule has 106 valence electrons. The highest BCUT2D eigenvalue weighted by Gasteiger charge is 2.21. The molecule has 0 saturated carbocycles. The molecule has 2 rings (SSSR count). The summed E-state index contributed by atoms with van der Waals surface area (Å²) < 4.78 is 13.0. The van der Waals surface area contributed by atoms with E-state index in [1.54, 1.807) is 0 Å². The molecule has 2 aromatic carbocycles. The minimum Gasteiger partial charge on any atom is -0.207 e. The molecule has 0 amide bonds. The van der Waals surface area contributed by atoms with Crippen LogP contribution in [0.1, 0.15) is 42.3 Å². The van der Waals surface area contributed by atoms with Gasteiger partial charge in [-0.15, -0.1) is 0 Å². The standard InChI is InChI=1S/C18H20BrF/c1-18(2,3)16-7-5-4-6-15(16)17(19)12-13-8-10-14(20)11-9-13/h4-11,17H,12H2,1-3H3. The van der Waals surface area contributed by atoms with Crippen LogP contribution in [0.3, 0.4) is 0 Å². The van der Waals surface area contributed by atoms with Crippen molar-refractivity contribution in [2.75, 3.05) is 0 Å². The third-order valence-electron chi connectivity index (χ3n) is 3.43. The normalized spacial score (nSPS) is 13.2. The second kappa shape index (κ2) is 6.09. The Hall–Kier alpha value is -1.15. The van der Waals surface area contributed by atoms with Crippen LogP contribution in [0.2, 0.25) is 0 Å². The van der Waals surface area contributed by atoms with Crippen molar-refractivity contribution in [3.8, 4) is 0 Å². The van der Waals surface area contributed by atoms with Crippen LogP contribution in [0.15, 0.2) is 48.5 Å². The van der Waals surface area contributed by atoms with E-state index in [1.165, 1.54) is 23.3 Å². The first-order valence-corrected chi connectivity index (χ1v) is 7.77. The van der Waals surface area contributed by atoms with Crippen LogP contribution in [-0.4, -0.2) is 0 Å². The lowest BCUT2D eigenvalue weighted by atomic mass is 9.82. The maximum absolute atomic E-state index is 13.0. The van der Waals surface area contributed by atoms with Gasteiger partial charge in [-0.3, -0.25) is 0 Å². The summed E-state index contributed by atoms with van der Waals surface area (Å²) in [5.74, 6) is -0.185. The van der Waals surface area contributed by atoms with Crippen molar-refractivity contribution in [1.29, 1.82) is 0 Å². The topological polar surface area (TPSA) is 0 Å². The lowest BCUT2D eigenvalue weighted by molar-refractivity contribution is 0.581. The Labute approximate surface area is 129 Å². The van der Waals surface area contributed by atoms with Gasteiger partial charge >= 0.3 is 0 Å². The number of halogens is 2. The molecule has 0 radical (unpaired) electrons. The van der Waals surface area contributed by atoms with Crippen molar-refractivity contribution in [1.82, 2.24) is 0 Å². The highest BCUT2D eigenvalue weighted by atomic mass is 79.9. The van der Waals surface area contributed by atoms with E-state index >= 15 is 0 Å². The zero-order valence-electron chi connectivity index (χ0n) is 12.2. The van der Waals surface area contributed by atoms with Gasteiger partial charge in [0.05, 0.1) is 0 Å². The van der Waals surface area contributed by atoms with E-state index < -0.39 is 0 Å². The van der Waals surface area contributed by atoms with Crippen molar-refractivity contribution in [3.63, 3.8) is 0 Å². The number of benzene rings is 2. The number of alkyl halides is 1. The molecule has 0 fully saturated rings. The molecule has 2 heteroatoms. The van der Waals surface area contributed by atoms with Crippen molar-refractivity contribution >= 4 is 15.9 Å². The molecule has 20 heavy (non-hydrogen) atoms. The van der Waals surface area contributed by atoms with Crippen LogP contribution in [0.25, 0.3) is 0 Å². The molecule has 0 nitrogen and oxygen atoms in total. The average molecular weight is 335 g/mol. The van der Waals surface area contributed by atoms with Crippen LogP contribution in [0.4, 0.5) is 4.39 Å². The van der Waals surface area contributed by atoms with Gasteiger partial charge in [0.15, 0.2) is 0 Å². The Balaban J connectivity index is 2.25. The monoisotopic (exact) mass is 334 g/mol. The third kappa shape index (κ3) is 3.69. The molecule has 0 N–H and O–H groups in total. The maximum Gasteiger partial charge on any atom is 0.123 e. The van der Waals surface area contributed by atoms with E-state index in [9.17, 15) is 4.39 Å². The fourth-order valence-corrected chi connectivity index (χ4v) is 3.16. The molecule has 0 bridgehead atoms. The molecular weight excluding hydrogens is 315 g/mol. The Morgan fingerprint density at radius 3 is 2.20 bits per heavy atom. The molecule has 0 heterocycles. The summed E-state index contributed by atoms with van der Waals surface area (Å²) >= 11 is 3.79. The summed E-state index contributed by atoms with van der Waals surface area (Å²) in [7, 11) is 0. The largest absolute Gasteiger partial charge is 0.207 e. The van der Waals surface area contributed by atoms with Crippen molar-refractivity contribution in [2.24, 2.45) is 0 Å². The number of hydrogen-bond donors (Lipinski definition) is 0. The third-order valence-corrected chi connectivity index (χ3v) is 4.25. The minimum atomic E-state index is -0.185. The maximum atomic E-state index is 13.0. The zero-order valence-corrected chi connectivity index (χ0v) is 13.7. The predicted molar refractivity (Wildman–Crippen MR) is 86.9 cm³/mol. The smallest absolute Gasteiger partial charge is 0.123 e. The first-order chi connectivity index (χ1) is 9.38.